The highest BCUT2D eigenvalue weighted by Crippen LogP contribution is 2.16. The van der Waals surface area contributed by atoms with Gasteiger partial charge in [-0.25, -0.2) is 0 Å². The molecule has 1 aliphatic rings. The van der Waals surface area contributed by atoms with Crippen molar-refractivity contribution in [2.24, 2.45) is 7.05 Å². The van der Waals surface area contributed by atoms with Gasteiger partial charge >= 0.3 is 0 Å². The predicted octanol–water partition coefficient (Wildman–Crippen LogP) is 0.782. The van der Waals surface area contributed by atoms with Crippen molar-refractivity contribution in [2.45, 2.75) is 18.9 Å². The quantitative estimate of drug-likeness (QED) is 0.632. The van der Waals surface area contributed by atoms with Crippen LogP contribution in [0.3, 0.4) is 0 Å². The van der Waals surface area contributed by atoms with Crippen LogP contribution in [0.25, 0.3) is 0 Å². The standard InChI is InChI=1S/C9H12N2O2/c1-11-7(4-5-10-11)9(12)8-3-2-6-13-8/h4-5,8H,2-3,6H2,1H3. The highest BCUT2D eigenvalue weighted by atomic mass is 16.5. The molecule has 1 fully saturated rings. The Morgan fingerprint density at radius 1 is 1.77 bits per heavy atom. The van der Waals surface area contributed by atoms with E-state index >= 15 is 0 Å². The largest absolute Gasteiger partial charge is 0.370 e. The fraction of sp³-hybridized carbons (Fsp3) is 0.556. The van der Waals surface area contributed by atoms with Crippen LogP contribution in [-0.2, 0) is 11.8 Å². The Labute approximate surface area is 76.5 Å². The van der Waals surface area contributed by atoms with Crippen molar-refractivity contribution in [2.75, 3.05) is 6.61 Å². The van der Waals surface area contributed by atoms with Gasteiger partial charge in [-0.05, 0) is 18.9 Å². The molecule has 1 aliphatic heterocycles. The van der Waals surface area contributed by atoms with Crippen molar-refractivity contribution in [3.63, 3.8) is 0 Å². The van der Waals surface area contributed by atoms with Crippen molar-refractivity contribution in [3.05, 3.63) is 18.0 Å². The number of hydrogen-bond donors (Lipinski definition) is 0. The van der Waals surface area contributed by atoms with E-state index < -0.39 is 0 Å². The monoisotopic (exact) mass is 180 g/mol. The molecule has 0 amide bonds. The molecule has 1 saturated heterocycles. The molecule has 4 heteroatoms. The summed E-state index contributed by atoms with van der Waals surface area (Å²) in [7, 11) is 1.77. The number of carbonyl (C=O) groups excluding carboxylic acids is 1. The summed E-state index contributed by atoms with van der Waals surface area (Å²) in [6.45, 7) is 0.703. The maximum atomic E-state index is 11.7. The number of nitrogens with zero attached hydrogens (tertiary/aromatic N) is 2. The molecule has 2 heterocycles. The van der Waals surface area contributed by atoms with E-state index in [9.17, 15) is 4.79 Å². The number of aryl methyl sites for hydroxylation is 1. The summed E-state index contributed by atoms with van der Waals surface area (Å²) in [4.78, 5) is 11.7. The summed E-state index contributed by atoms with van der Waals surface area (Å²) in [5.74, 6) is 0.0532. The van der Waals surface area contributed by atoms with E-state index in [1.165, 1.54) is 0 Å². The molecule has 2 rings (SSSR count). The van der Waals surface area contributed by atoms with Gasteiger partial charge in [0.2, 0.25) is 5.78 Å². The SMILES string of the molecule is Cn1nccc1C(=O)C1CCCO1. The van der Waals surface area contributed by atoms with Gasteiger partial charge in [0.1, 0.15) is 11.8 Å². The summed E-state index contributed by atoms with van der Waals surface area (Å²) < 4.78 is 6.89. The fourth-order valence-corrected chi connectivity index (χ4v) is 1.56. The Morgan fingerprint density at radius 3 is 3.15 bits per heavy atom. The van der Waals surface area contributed by atoms with Crippen LogP contribution < -0.4 is 0 Å². The Kier molecular flexibility index (Phi) is 2.14. The highest BCUT2D eigenvalue weighted by molar-refractivity contribution is 5.98. The number of rotatable bonds is 2. The first kappa shape index (κ1) is 8.44. The van der Waals surface area contributed by atoms with E-state index in [4.69, 9.17) is 4.74 Å². The molecule has 13 heavy (non-hydrogen) atoms. The summed E-state index contributed by atoms with van der Waals surface area (Å²) in [6.07, 6.45) is 3.20. The summed E-state index contributed by atoms with van der Waals surface area (Å²) >= 11 is 0. The van der Waals surface area contributed by atoms with Crippen molar-refractivity contribution >= 4 is 5.78 Å². The number of ether oxygens (including phenoxy) is 1. The first-order valence-electron chi connectivity index (χ1n) is 4.43. The number of ketones is 1. The topological polar surface area (TPSA) is 44.1 Å². The maximum absolute atomic E-state index is 11.7. The highest BCUT2D eigenvalue weighted by Gasteiger charge is 2.26. The first-order valence-corrected chi connectivity index (χ1v) is 4.43. The van der Waals surface area contributed by atoms with E-state index in [0.29, 0.717) is 12.3 Å². The zero-order valence-electron chi connectivity index (χ0n) is 7.56. The zero-order valence-corrected chi connectivity index (χ0v) is 7.56. The number of aromatic nitrogens is 2. The van der Waals surface area contributed by atoms with Gasteiger partial charge in [0.25, 0.3) is 0 Å². The lowest BCUT2D eigenvalue weighted by molar-refractivity contribution is 0.0633. The van der Waals surface area contributed by atoms with Crippen molar-refractivity contribution in [1.29, 1.82) is 0 Å². The van der Waals surface area contributed by atoms with E-state index in [1.807, 2.05) is 0 Å². The van der Waals surface area contributed by atoms with E-state index in [2.05, 4.69) is 5.10 Å². The molecule has 1 aromatic heterocycles. The number of carbonyl (C=O) groups is 1. The smallest absolute Gasteiger partial charge is 0.209 e. The van der Waals surface area contributed by atoms with E-state index in [1.54, 1.807) is 24.0 Å². The molecule has 0 radical (unpaired) electrons. The second-order valence-corrected chi connectivity index (χ2v) is 3.21. The minimum atomic E-state index is -0.240. The van der Waals surface area contributed by atoms with Gasteiger partial charge in [0.15, 0.2) is 0 Å². The molecule has 4 nitrogen and oxygen atoms in total. The molecule has 0 N–H and O–H groups in total. The Balaban J connectivity index is 2.17. The van der Waals surface area contributed by atoms with Gasteiger partial charge < -0.3 is 4.74 Å². The molecule has 1 aromatic rings. The van der Waals surface area contributed by atoms with Crippen molar-refractivity contribution in [1.82, 2.24) is 9.78 Å². The average Bonchev–Trinajstić information content (AvgIpc) is 2.72. The molecule has 0 spiro atoms. The van der Waals surface area contributed by atoms with E-state index in [0.717, 1.165) is 12.8 Å². The Bertz CT molecular complexity index is 313. The minimum absolute atomic E-state index is 0.0532. The van der Waals surface area contributed by atoms with Crippen molar-refractivity contribution in [3.8, 4) is 0 Å². The predicted molar refractivity (Wildman–Crippen MR) is 46.5 cm³/mol. The molecule has 70 valence electrons. The normalized spacial score (nSPS) is 22.1. The molecule has 0 saturated carbocycles. The summed E-state index contributed by atoms with van der Waals surface area (Å²) in [5.41, 5.74) is 0.631. The molecule has 0 aromatic carbocycles. The molecule has 0 aliphatic carbocycles. The van der Waals surface area contributed by atoms with Crippen molar-refractivity contribution < 1.29 is 9.53 Å². The van der Waals surface area contributed by atoms with Crippen LogP contribution in [0, 0.1) is 0 Å². The Hall–Kier alpha value is -1.16. The van der Waals surface area contributed by atoms with Gasteiger partial charge in [-0.3, -0.25) is 9.48 Å². The second-order valence-electron chi connectivity index (χ2n) is 3.21. The van der Waals surface area contributed by atoms with Crippen LogP contribution in [0.4, 0.5) is 0 Å². The van der Waals surface area contributed by atoms with Crippen LogP contribution in [0.2, 0.25) is 0 Å². The lowest BCUT2D eigenvalue weighted by Gasteiger charge is -2.07. The van der Waals surface area contributed by atoms with Crippen LogP contribution in [0.5, 0.6) is 0 Å². The molecular formula is C9H12N2O2. The molecule has 0 bridgehead atoms. The second kappa shape index (κ2) is 3.30. The summed E-state index contributed by atoms with van der Waals surface area (Å²) in [5, 5.41) is 3.95. The lowest BCUT2D eigenvalue weighted by Crippen LogP contribution is -2.22. The lowest BCUT2D eigenvalue weighted by atomic mass is 10.1. The van der Waals surface area contributed by atoms with E-state index in [-0.39, 0.29) is 11.9 Å². The maximum Gasteiger partial charge on any atom is 0.209 e. The average molecular weight is 180 g/mol. The minimum Gasteiger partial charge on any atom is -0.370 e. The Morgan fingerprint density at radius 2 is 2.62 bits per heavy atom. The number of hydrogen-bond acceptors (Lipinski definition) is 3. The van der Waals surface area contributed by atoms with Gasteiger partial charge in [-0.15, -0.1) is 0 Å². The number of Topliss-reactive ketones (excluding diaryl/α,β-unsaturated/α-hetero) is 1. The third-order valence-electron chi connectivity index (χ3n) is 2.30. The van der Waals surface area contributed by atoms with Gasteiger partial charge in [0.05, 0.1) is 0 Å². The van der Waals surface area contributed by atoms with Crippen LogP contribution in [0.15, 0.2) is 12.3 Å². The zero-order chi connectivity index (χ0) is 9.26. The van der Waals surface area contributed by atoms with Gasteiger partial charge in [-0.1, -0.05) is 0 Å². The third kappa shape index (κ3) is 1.49. The molecular weight excluding hydrogens is 168 g/mol. The van der Waals surface area contributed by atoms with Crippen LogP contribution in [-0.4, -0.2) is 28.3 Å². The molecule has 1 atom stereocenters. The summed E-state index contributed by atoms with van der Waals surface area (Å²) in [6, 6.07) is 1.73. The van der Waals surface area contributed by atoms with Gasteiger partial charge in [0, 0.05) is 19.9 Å². The fourth-order valence-electron chi connectivity index (χ4n) is 1.56. The third-order valence-corrected chi connectivity index (χ3v) is 2.30. The first-order chi connectivity index (χ1) is 6.29. The van der Waals surface area contributed by atoms with Gasteiger partial charge in [-0.2, -0.15) is 5.10 Å². The van der Waals surface area contributed by atoms with Crippen LogP contribution in [0.1, 0.15) is 23.3 Å². The molecule has 1 unspecified atom stereocenters. The van der Waals surface area contributed by atoms with Crippen LogP contribution >= 0.6 is 0 Å².